The van der Waals surface area contributed by atoms with Gasteiger partial charge in [-0.1, -0.05) is 24.3 Å². The summed E-state index contributed by atoms with van der Waals surface area (Å²) in [5.74, 6) is 0.538. The van der Waals surface area contributed by atoms with Crippen molar-refractivity contribution in [2.75, 3.05) is 45.1 Å². The van der Waals surface area contributed by atoms with Gasteiger partial charge < -0.3 is 9.84 Å². The van der Waals surface area contributed by atoms with E-state index < -0.39 is 6.10 Å². The Hall–Kier alpha value is -1.39. The summed E-state index contributed by atoms with van der Waals surface area (Å²) in [6.07, 6.45) is 0.491. The molecule has 1 fully saturated rings. The third kappa shape index (κ3) is 4.37. The number of nitrogens with zero attached hydrogens (tertiary/aromatic N) is 3. The second kappa shape index (κ2) is 8.63. The Labute approximate surface area is 147 Å². The van der Waals surface area contributed by atoms with Crippen molar-refractivity contribution in [3.63, 3.8) is 0 Å². The molecule has 1 aromatic rings. The van der Waals surface area contributed by atoms with Gasteiger partial charge in [-0.15, -0.1) is 11.8 Å². The van der Waals surface area contributed by atoms with Crippen LogP contribution < -0.4 is 0 Å². The summed E-state index contributed by atoms with van der Waals surface area (Å²) in [5, 5.41) is 19.5. The number of nitriles is 1. The first kappa shape index (κ1) is 17.4. The van der Waals surface area contributed by atoms with Gasteiger partial charge in [0.2, 0.25) is 0 Å². The summed E-state index contributed by atoms with van der Waals surface area (Å²) in [4.78, 5) is 6.81. The van der Waals surface area contributed by atoms with Crippen LogP contribution in [-0.4, -0.2) is 72.2 Å². The first-order chi connectivity index (χ1) is 11.8. The van der Waals surface area contributed by atoms with Crippen molar-refractivity contribution in [1.29, 1.82) is 5.26 Å². The number of aliphatic imine (C=N–C) groups is 1. The maximum Gasteiger partial charge on any atom is 0.134 e. The van der Waals surface area contributed by atoms with Crippen LogP contribution in [0.5, 0.6) is 0 Å². The lowest BCUT2D eigenvalue weighted by atomic mass is 9.96. The van der Waals surface area contributed by atoms with Gasteiger partial charge in [-0.2, -0.15) is 5.26 Å². The highest BCUT2D eigenvalue weighted by Crippen LogP contribution is 2.24. The molecule has 0 aromatic heterocycles. The molecule has 2 atom stereocenters. The highest BCUT2D eigenvalue weighted by Gasteiger charge is 2.24. The van der Waals surface area contributed by atoms with Crippen molar-refractivity contribution in [3.8, 4) is 6.07 Å². The topological polar surface area (TPSA) is 68.8 Å². The zero-order valence-corrected chi connectivity index (χ0v) is 14.5. The van der Waals surface area contributed by atoms with Crippen molar-refractivity contribution in [2.24, 2.45) is 4.99 Å². The first-order valence-electron chi connectivity index (χ1n) is 8.40. The van der Waals surface area contributed by atoms with E-state index in [0.29, 0.717) is 12.3 Å². The number of hydrogen-bond acceptors (Lipinski definition) is 6. The molecule has 128 valence electrons. The molecule has 0 radical (unpaired) electrons. The van der Waals surface area contributed by atoms with Gasteiger partial charge in [-0.05, 0) is 12.0 Å². The molecule has 1 saturated heterocycles. The molecule has 0 spiro atoms. The second-order valence-corrected chi connectivity index (χ2v) is 7.22. The van der Waals surface area contributed by atoms with E-state index in [1.54, 1.807) is 0 Å². The molecule has 24 heavy (non-hydrogen) atoms. The number of ether oxygens (including phenoxy) is 1. The van der Waals surface area contributed by atoms with Gasteiger partial charge in [0.15, 0.2) is 0 Å². The first-order valence-corrected chi connectivity index (χ1v) is 9.45. The minimum Gasteiger partial charge on any atom is -0.391 e. The van der Waals surface area contributed by atoms with Crippen LogP contribution in [-0.2, 0) is 11.2 Å². The van der Waals surface area contributed by atoms with Gasteiger partial charge in [-0.25, -0.2) is 0 Å². The predicted octanol–water partition coefficient (Wildman–Crippen LogP) is 1.35. The van der Waals surface area contributed by atoms with Crippen molar-refractivity contribution in [1.82, 2.24) is 4.90 Å². The van der Waals surface area contributed by atoms with E-state index >= 15 is 0 Å². The van der Waals surface area contributed by atoms with E-state index in [1.807, 2.05) is 18.2 Å². The minimum atomic E-state index is -0.441. The zero-order chi connectivity index (χ0) is 16.8. The lowest BCUT2D eigenvalue weighted by Crippen LogP contribution is -2.41. The van der Waals surface area contributed by atoms with E-state index in [-0.39, 0.29) is 5.25 Å². The molecule has 1 N–H and O–H groups in total. The van der Waals surface area contributed by atoms with E-state index in [4.69, 9.17) is 4.74 Å². The van der Waals surface area contributed by atoms with Gasteiger partial charge in [-0.3, -0.25) is 9.89 Å². The number of benzene rings is 1. The maximum atomic E-state index is 10.3. The molecule has 6 heteroatoms. The Morgan fingerprint density at radius 1 is 1.33 bits per heavy atom. The van der Waals surface area contributed by atoms with Crippen LogP contribution in [0.4, 0.5) is 0 Å². The molecule has 0 saturated carbocycles. The zero-order valence-electron chi connectivity index (χ0n) is 13.7. The number of aliphatic hydroxyl groups is 1. The fraction of sp³-hybridized carbons (Fsp3) is 0.556. The monoisotopic (exact) mass is 345 g/mol. The fourth-order valence-electron chi connectivity index (χ4n) is 3.11. The summed E-state index contributed by atoms with van der Waals surface area (Å²) in [5.41, 5.74) is 3.21. The molecule has 0 amide bonds. The Kier molecular flexibility index (Phi) is 6.27. The molecule has 2 unspecified atom stereocenters. The molecule has 2 aliphatic heterocycles. The molecule has 5 nitrogen and oxygen atoms in total. The largest absolute Gasteiger partial charge is 0.391 e. The normalized spacial score (nSPS) is 20.6. The Balaban J connectivity index is 1.57. The highest BCUT2D eigenvalue weighted by atomic mass is 32.2. The molecule has 1 aromatic carbocycles. The minimum absolute atomic E-state index is 0.328. The lowest BCUT2D eigenvalue weighted by molar-refractivity contribution is 0.0188. The molecule has 0 aliphatic carbocycles. The van der Waals surface area contributed by atoms with Crippen molar-refractivity contribution in [3.05, 3.63) is 35.4 Å². The fourth-order valence-corrected chi connectivity index (χ4v) is 4.07. The number of rotatable bonds is 6. The van der Waals surface area contributed by atoms with Crippen molar-refractivity contribution in [2.45, 2.75) is 17.8 Å². The standard InChI is InChI=1S/C18H23N3O2S/c19-11-17(18-16-4-2-1-3-14(16)5-6-20-18)24-13-15(22)12-21-7-9-23-10-8-21/h1-4,15,17,22H,5-10,12-13H2. The average Bonchev–Trinajstić information content (AvgIpc) is 2.63. The van der Waals surface area contributed by atoms with Crippen molar-refractivity contribution < 1.29 is 9.84 Å². The molecular weight excluding hydrogens is 322 g/mol. The van der Waals surface area contributed by atoms with Crippen LogP contribution in [0.3, 0.4) is 0 Å². The number of thioether (sulfide) groups is 1. The Bertz CT molecular complexity index is 623. The van der Waals surface area contributed by atoms with Crippen LogP contribution in [0.2, 0.25) is 0 Å². The summed E-state index contributed by atoms with van der Waals surface area (Å²) in [6, 6.07) is 10.5. The Morgan fingerprint density at radius 2 is 2.12 bits per heavy atom. The molecule has 0 bridgehead atoms. The summed E-state index contributed by atoms with van der Waals surface area (Å²) in [6.45, 7) is 4.56. The van der Waals surface area contributed by atoms with Crippen LogP contribution in [0, 0.1) is 11.3 Å². The van der Waals surface area contributed by atoms with E-state index in [9.17, 15) is 10.4 Å². The maximum absolute atomic E-state index is 10.3. The average molecular weight is 345 g/mol. The van der Waals surface area contributed by atoms with Gasteiger partial charge in [0.1, 0.15) is 5.25 Å². The van der Waals surface area contributed by atoms with E-state index in [1.165, 1.54) is 17.3 Å². The predicted molar refractivity (Wildman–Crippen MR) is 96.7 cm³/mol. The van der Waals surface area contributed by atoms with E-state index in [0.717, 1.165) is 50.5 Å². The van der Waals surface area contributed by atoms with Crippen molar-refractivity contribution >= 4 is 17.5 Å². The summed E-state index contributed by atoms with van der Waals surface area (Å²) in [7, 11) is 0. The van der Waals surface area contributed by atoms with Gasteiger partial charge in [0.25, 0.3) is 0 Å². The third-order valence-corrected chi connectivity index (χ3v) is 5.59. The number of fused-ring (bicyclic) bond motifs is 1. The third-order valence-electron chi connectivity index (χ3n) is 4.35. The number of aliphatic hydroxyl groups excluding tert-OH is 1. The lowest BCUT2D eigenvalue weighted by Gasteiger charge is -2.28. The van der Waals surface area contributed by atoms with Gasteiger partial charge in [0, 0.05) is 37.5 Å². The Morgan fingerprint density at radius 3 is 2.92 bits per heavy atom. The number of morpholine rings is 1. The molecule has 2 heterocycles. The van der Waals surface area contributed by atoms with Crippen LogP contribution >= 0.6 is 11.8 Å². The molecular formula is C18H23N3O2S. The second-order valence-electron chi connectivity index (χ2n) is 6.08. The summed E-state index contributed by atoms with van der Waals surface area (Å²) < 4.78 is 5.32. The van der Waals surface area contributed by atoms with Crippen LogP contribution in [0.25, 0.3) is 0 Å². The van der Waals surface area contributed by atoms with Crippen LogP contribution in [0.15, 0.2) is 29.3 Å². The summed E-state index contributed by atoms with van der Waals surface area (Å²) >= 11 is 1.49. The van der Waals surface area contributed by atoms with Crippen LogP contribution in [0.1, 0.15) is 11.1 Å². The highest BCUT2D eigenvalue weighted by molar-refractivity contribution is 8.00. The smallest absolute Gasteiger partial charge is 0.134 e. The SMILES string of the molecule is N#CC(SCC(O)CN1CCOCC1)C1=NCCc2ccccc21. The number of β-amino-alcohol motifs (C(OH)–C–C–N with tert-alkyl or cyclic N) is 1. The molecule has 3 rings (SSSR count). The van der Waals surface area contributed by atoms with Gasteiger partial charge >= 0.3 is 0 Å². The van der Waals surface area contributed by atoms with E-state index in [2.05, 4.69) is 22.0 Å². The quantitative estimate of drug-likeness (QED) is 0.843. The number of hydrogen-bond donors (Lipinski definition) is 1. The van der Waals surface area contributed by atoms with Gasteiger partial charge in [0.05, 0.1) is 31.1 Å². The molecule has 2 aliphatic rings.